The normalized spacial score (nSPS) is 14.9. The second kappa shape index (κ2) is 8.29. The lowest BCUT2D eigenvalue weighted by molar-refractivity contribution is -0.121. The number of rotatable bonds is 4. The van der Waals surface area contributed by atoms with Gasteiger partial charge in [0.1, 0.15) is 5.82 Å². The number of nitrogens with zero attached hydrogens (tertiary/aromatic N) is 2. The van der Waals surface area contributed by atoms with Gasteiger partial charge >= 0.3 is 0 Å². The first-order valence-corrected chi connectivity index (χ1v) is 6.94. The van der Waals surface area contributed by atoms with Crippen LogP contribution in [0.15, 0.2) is 36.9 Å². The number of carbonyl (C=O) groups is 1. The van der Waals surface area contributed by atoms with Gasteiger partial charge in [-0.15, -0.1) is 24.8 Å². The Hall–Kier alpha value is -1.63. The van der Waals surface area contributed by atoms with E-state index in [0.717, 1.165) is 13.1 Å². The molecule has 8 heteroatoms. The molecule has 2 N–H and O–H groups in total. The Morgan fingerprint density at radius 3 is 2.70 bits per heavy atom. The molecule has 23 heavy (non-hydrogen) atoms. The lowest BCUT2D eigenvalue weighted by atomic mass is 9.88. The highest BCUT2D eigenvalue weighted by atomic mass is 35.5. The highest BCUT2D eigenvalue weighted by Crippen LogP contribution is 2.21. The van der Waals surface area contributed by atoms with E-state index in [2.05, 4.69) is 15.6 Å². The summed E-state index contributed by atoms with van der Waals surface area (Å²) in [6, 6.07) is 4.66. The van der Waals surface area contributed by atoms with Crippen molar-refractivity contribution in [2.45, 2.75) is 6.92 Å². The van der Waals surface area contributed by atoms with Crippen molar-refractivity contribution in [1.82, 2.24) is 14.9 Å². The largest absolute Gasteiger partial charge is 0.326 e. The van der Waals surface area contributed by atoms with Crippen LogP contribution in [-0.4, -0.2) is 28.5 Å². The summed E-state index contributed by atoms with van der Waals surface area (Å²) in [5.74, 6) is -0.192. The summed E-state index contributed by atoms with van der Waals surface area (Å²) >= 11 is 0. The highest BCUT2D eigenvalue weighted by Gasteiger charge is 2.28. The predicted octanol–water partition coefficient (Wildman–Crippen LogP) is 2.65. The van der Waals surface area contributed by atoms with Gasteiger partial charge in [0.2, 0.25) is 5.91 Å². The smallest absolute Gasteiger partial charge is 0.227 e. The predicted molar refractivity (Wildman–Crippen MR) is 92.2 cm³/mol. The SMILES string of the molecule is CC(C(=O)Nc1ccc(-n2ccnc2)c(F)c1)C1CNC1.Cl.Cl. The number of halogens is 3. The van der Waals surface area contributed by atoms with E-state index in [9.17, 15) is 9.18 Å². The maximum absolute atomic E-state index is 14.1. The van der Waals surface area contributed by atoms with Crippen molar-refractivity contribution in [3.8, 4) is 5.69 Å². The van der Waals surface area contributed by atoms with E-state index >= 15 is 0 Å². The molecule has 0 aliphatic carbocycles. The lowest BCUT2D eigenvalue weighted by Crippen LogP contribution is -2.48. The first-order chi connectivity index (χ1) is 10.1. The third-order valence-electron chi connectivity index (χ3n) is 3.93. The Morgan fingerprint density at radius 2 is 2.17 bits per heavy atom. The van der Waals surface area contributed by atoms with Crippen LogP contribution in [-0.2, 0) is 4.79 Å². The summed E-state index contributed by atoms with van der Waals surface area (Å²) in [7, 11) is 0. The van der Waals surface area contributed by atoms with Crippen molar-refractivity contribution in [2.24, 2.45) is 11.8 Å². The van der Waals surface area contributed by atoms with Gasteiger partial charge in [-0.25, -0.2) is 9.37 Å². The molecule has 1 fully saturated rings. The molecule has 126 valence electrons. The molecule has 0 radical (unpaired) electrons. The Kier molecular flexibility index (Phi) is 7.00. The molecule has 1 aliphatic heterocycles. The average molecular weight is 361 g/mol. The number of imidazole rings is 1. The van der Waals surface area contributed by atoms with Gasteiger partial charge in [-0.2, -0.15) is 0 Å². The van der Waals surface area contributed by atoms with Gasteiger partial charge in [0.25, 0.3) is 0 Å². The van der Waals surface area contributed by atoms with E-state index < -0.39 is 5.82 Å². The van der Waals surface area contributed by atoms with E-state index in [1.165, 1.54) is 12.4 Å². The molecular formula is C15H19Cl2FN4O. The van der Waals surface area contributed by atoms with Crippen molar-refractivity contribution < 1.29 is 9.18 Å². The molecule has 0 spiro atoms. The van der Waals surface area contributed by atoms with Gasteiger partial charge in [-0.05, 0) is 37.2 Å². The molecule has 1 amide bonds. The van der Waals surface area contributed by atoms with Crippen LogP contribution < -0.4 is 10.6 Å². The number of carbonyl (C=O) groups excluding carboxylic acids is 1. The van der Waals surface area contributed by atoms with Crippen LogP contribution in [0.25, 0.3) is 5.69 Å². The topological polar surface area (TPSA) is 59.0 Å². The van der Waals surface area contributed by atoms with Gasteiger partial charge in [-0.3, -0.25) is 4.79 Å². The summed E-state index contributed by atoms with van der Waals surface area (Å²) in [6.45, 7) is 3.63. The van der Waals surface area contributed by atoms with Crippen molar-refractivity contribution in [3.05, 3.63) is 42.7 Å². The number of hydrogen-bond acceptors (Lipinski definition) is 3. The fourth-order valence-electron chi connectivity index (χ4n) is 2.33. The van der Waals surface area contributed by atoms with E-state index in [4.69, 9.17) is 0 Å². The Balaban J connectivity index is 0.00000132. The van der Waals surface area contributed by atoms with Crippen LogP contribution in [0.2, 0.25) is 0 Å². The number of aromatic nitrogens is 2. The third kappa shape index (κ3) is 4.22. The van der Waals surface area contributed by atoms with Gasteiger partial charge in [0.15, 0.2) is 0 Å². The highest BCUT2D eigenvalue weighted by molar-refractivity contribution is 5.92. The van der Waals surface area contributed by atoms with Crippen molar-refractivity contribution in [3.63, 3.8) is 0 Å². The fourth-order valence-corrected chi connectivity index (χ4v) is 2.33. The molecule has 3 rings (SSSR count). The monoisotopic (exact) mass is 360 g/mol. The summed E-state index contributed by atoms with van der Waals surface area (Å²) in [5, 5.41) is 5.92. The van der Waals surface area contributed by atoms with Gasteiger partial charge < -0.3 is 15.2 Å². The molecule has 1 aromatic carbocycles. The molecule has 1 atom stereocenters. The zero-order chi connectivity index (χ0) is 14.8. The number of amides is 1. The maximum atomic E-state index is 14.1. The number of anilines is 1. The second-order valence-electron chi connectivity index (χ2n) is 5.33. The molecule has 1 unspecified atom stereocenters. The summed E-state index contributed by atoms with van der Waals surface area (Å²) in [5.41, 5.74) is 0.877. The fraction of sp³-hybridized carbons (Fsp3) is 0.333. The minimum absolute atomic E-state index is 0. The zero-order valence-electron chi connectivity index (χ0n) is 12.5. The summed E-state index contributed by atoms with van der Waals surface area (Å²) < 4.78 is 15.7. The molecule has 0 saturated carbocycles. The third-order valence-corrected chi connectivity index (χ3v) is 3.93. The van der Waals surface area contributed by atoms with E-state index in [0.29, 0.717) is 17.3 Å². The average Bonchev–Trinajstić information content (AvgIpc) is 2.90. The Morgan fingerprint density at radius 1 is 1.43 bits per heavy atom. The van der Waals surface area contributed by atoms with Crippen LogP contribution in [0.4, 0.5) is 10.1 Å². The quantitative estimate of drug-likeness (QED) is 0.880. The van der Waals surface area contributed by atoms with E-state index in [1.54, 1.807) is 29.1 Å². The Bertz CT molecular complexity index is 647. The van der Waals surface area contributed by atoms with Crippen molar-refractivity contribution in [1.29, 1.82) is 0 Å². The van der Waals surface area contributed by atoms with Gasteiger partial charge in [0, 0.05) is 24.0 Å². The van der Waals surface area contributed by atoms with E-state index in [-0.39, 0.29) is 36.6 Å². The van der Waals surface area contributed by atoms with Gasteiger partial charge in [-0.1, -0.05) is 6.92 Å². The zero-order valence-corrected chi connectivity index (χ0v) is 14.2. The molecule has 2 heterocycles. The molecule has 0 bridgehead atoms. The molecule has 5 nitrogen and oxygen atoms in total. The minimum Gasteiger partial charge on any atom is -0.326 e. The minimum atomic E-state index is -0.399. The molecule has 1 aromatic heterocycles. The summed E-state index contributed by atoms with van der Waals surface area (Å²) in [4.78, 5) is 16.0. The first kappa shape index (κ1) is 19.4. The molecule has 2 aromatic rings. The van der Waals surface area contributed by atoms with Crippen LogP contribution >= 0.6 is 24.8 Å². The van der Waals surface area contributed by atoms with Crippen molar-refractivity contribution in [2.75, 3.05) is 18.4 Å². The summed E-state index contributed by atoms with van der Waals surface area (Å²) in [6.07, 6.45) is 4.79. The number of hydrogen-bond donors (Lipinski definition) is 2. The first-order valence-electron chi connectivity index (χ1n) is 6.94. The Labute approximate surface area is 146 Å². The van der Waals surface area contributed by atoms with Crippen LogP contribution in [0, 0.1) is 17.7 Å². The van der Waals surface area contributed by atoms with Crippen molar-refractivity contribution >= 4 is 36.4 Å². The number of benzene rings is 1. The second-order valence-corrected chi connectivity index (χ2v) is 5.33. The standard InChI is InChI=1S/C15H17FN4O.2ClH/c1-10(11-7-18-8-11)15(21)19-12-2-3-14(13(16)6-12)20-5-4-17-9-20;;/h2-6,9-11,18H,7-8H2,1H3,(H,19,21);2*1H. The lowest BCUT2D eigenvalue weighted by Gasteiger charge is -2.31. The van der Waals surface area contributed by atoms with Crippen LogP contribution in [0.3, 0.4) is 0 Å². The number of nitrogens with one attached hydrogen (secondary N) is 2. The molecule has 1 aliphatic rings. The maximum Gasteiger partial charge on any atom is 0.227 e. The van der Waals surface area contributed by atoms with Crippen LogP contribution in [0.5, 0.6) is 0 Å². The van der Waals surface area contributed by atoms with Crippen LogP contribution in [0.1, 0.15) is 6.92 Å². The van der Waals surface area contributed by atoms with Gasteiger partial charge in [0.05, 0.1) is 12.0 Å². The molecular weight excluding hydrogens is 342 g/mol. The molecule has 1 saturated heterocycles. The van der Waals surface area contributed by atoms with E-state index in [1.807, 2.05) is 6.92 Å².